The van der Waals surface area contributed by atoms with Crippen LogP contribution in [0.3, 0.4) is 0 Å². The van der Waals surface area contributed by atoms with Crippen molar-refractivity contribution in [2.24, 2.45) is 0 Å². The molecule has 0 N–H and O–H groups in total. The average Bonchev–Trinajstić information content (AvgIpc) is 4.18. The summed E-state index contributed by atoms with van der Waals surface area (Å²) in [6.45, 7) is 8.57. The number of anilines is 6. The highest BCUT2D eigenvalue weighted by Crippen LogP contribution is 2.46. The lowest BCUT2D eigenvalue weighted by Gasteiger charge is -2.26. The molecule has 0 fully saturated rings. The molecule has 0 atom stereocenters. The van der Waals surface area contributed by atoms with Gasteiger partial charge in [-0.15, -0.1) is 0 Å². The minimum atomic E-state index is 0.459. The molecule has 0 unspecified atom stereocenters. The van der Waals surface area contributed by atoms with Gasteiger partial charge >= 0.3 is 0 Å². The minimum absolute atomic E-state index is 0.459. The highest BCUT2D eigenvalue weighted by molar-refractivity contribution is 6.25. The molecule has 7 heteroatoms. The van der Waals surface area contributed by atoms with E-state index < -0.39 is 0 Å². The first-order valence-corrected chi connectivity index (χ1v) is 24.9. The summed E-state index contributed by atoms with van der Waals surface area (Å²) in [5.74, 6) is 0. The predicted octanol–water partition coefficient (Wildman–Crippen LogP) is 19.6. The summed E-state index contributed by atoms with van der Waals surface area (Å²) in [5, 5.41) is 22.6. The van der Waals surface area contributed by atoms with E-state index in [1.165, 1.54) is 22.3 Å². The van der Waals surface area contributed by atoms with Crippen molar-refractivity contribution < 1.29 is 17.7 Å². The Bertz CT molecular complexity index is 4900. The second-order valence-electron chi connectivity index (χ2n) is 20.0. The number of fused-ring (bicyclic) bond motifs is 15. The van der Waals surface area contributed by atoms with Gasteiger partial charge in [0, 0.05) is 71.8 Å². The molecule has 0 bridgehead atoms. The third kappa shape index (κ3) is 6.45. The van der Waals surface area contributed by atoms with Gasteiger partial charge < -0.3 is 27.5 Å². The van der Waals surface area contributed by atoms with Gasteiger partial charge in [-0.3, -0.25) is 0 Å². The maximum atomic E-state index is 10.7. The normalized spacial score (nSPS) is 12.0. The molecule has 15 aromatic rings. The molecule has 15 rings (SSSR count). The first kappa shape index (κ1) is 42.0. The summed E-state index contributed by atoms with van der Waals surface area (Å²) in [4.78, 5) is 4.63. The van der Waals surface area contributed by atoms with Gasteiger partial charge in [0.15, 0.2) is 5.58 Å². The van der Waals surface area contributed by atoms with Crippen molar-refractivity contribution in [1.82, 2.24) is 0 Å². The van der Waals surface area contributed by atoms with E-state index in [0.717, 1.165) is 127 Å². The van der Waals surface area contributed by atoms with Crippen molar-refractivity contribution in [2.75, 3.05) is 9.80 Å². The van der Waals surface area contributed by atoms with Crippen LogP contribution in [0.4, 0.5) is 34.1 Å². The van der Waals surface area contributed by atoms with Crippen LogP contribution in [0.5, 0.6) is 0 Å². The van der Waals surface area contributed by atoms with E-state index >= 15 is 0 Å². The van der Waals surface area contributed by atoms with Gasteiger partial charge in [0.25, 0.3) is 0 Å². The number of nitriles is 1. The van der Waals surface area contributed by atoms with E-state index in [-0.39, 0.29) is 0 Å². The molecule has 0 aliphatic carbocycles. The molecule has 4 aromatic heterocycles. The molecular formula is C67H43N3O4. The smallest absolute Gasteiger partial charge is 0.156 e. The largest absolute Gasteiger partial charge is 0.456 e. The maximum Gasteiger partial charge on any atom is 0.156 e. The number of furan rings is 4. The Hall–Kier alpha value is -9.77. The SMILES string of the molecule is Cc1cc(C)cc(N(c2ccc3cc4c(cc3c2)oc2c4cc(C#N)c3oc4cc5cc(N(c6cc(C)cc(C)c6)c6ccc7oc8ccccc8c7c6)ccc5cc4c32)c2ccc3oc4ccccc4c3c2)c1. The molecule has 4 heterocycles. The lowest BCUT2D eigenvalue weighted by Crippen LogP contribution is -2.10. The highest BCUT2D eigenvalue weighted by Gasteiger charge is 2.24. The Morgan fingerprint density at radius 3 is 1.27 bits per heavy atom. The molecule has 74 heavy (non-hydrogen) atoms. The monoisotopic (exact) mass is 953 g/mol. The summed E-state index contributed by atoms with van der Waals surface area (Å²) < 4.78 is 26.1. The van der Waals surface area contributed by atoms with Gasteiger partial charge in [0.1, 0.15) is 45.2 Å². The molecule has 0 radical (unpaired) electrons. The molecule has 0 saturated heterocycles. The van der Waals surface area contributed by atoms with Crippen molar-refractivity contribution in [3.05, 3.63) is 216 Å². The number of benzene rings is 11. The Balaban J connectivity index is 0.874. The quantitative estimate of drug-likeness (QED) is 0.164. The van der Waals surface area contributed by atoms with Crippen molar-refractivity contribution in [3.63, 3.8) is 0 Å². The summed E-state index contributed by atoms with van der Waals surface area (Å²) in [7, 11) is 0. The summed E-state index contributed by atoms with van der Waals surface area (Å²) in [6.07, 6.45) is 0. The van der Waals surface area contributed by atoms with Gasteiger partial charge in [0.2, 0.25) is 0 Å². The van der Waals surface area contributed by atoms with Gasteiger partial charge in [-0.25, -0.2) is 0 Å². The zero-order valence-electron chi connectivity index (χ0n) is 40.9. The summed E-state index contributed by atoms with van der Waals surface area (Å²) >= 11 is 0. The third-order valence-corrected chi connectivity index (χ3v) is 14.9. The van der Waals surface area contributed by atoms with Crippen molar-refractivity contribution in [1.29, 1.82) is 5.26 Å². The Kier molecular flexibility index (Phi) is 8.85. The molecule has 350 valence electrons. The van der Waals surface area contributed by atoms with Gasteiger partial charge in [0.05, 0.1) is 10.9 Å². The van der Waals surface area contributed by atoms with Crippen LogP contribution in [0.25, 0.3) is 109 Å². The third-order valence-electron chi connectivity index (χ3n) is 14.9. The Labute approximate surface area is 423 Å². The molecular weight excluding hydrogens is 911 g/mol. The fraction of sp³-hybridized carbons (Fsp3) is 0.0597. The van der Waals surface area contributed by atoms with Crippen LogP contribution in [-0.2, 0) is 0 Å². The van der Waals surface area contributed by atoms with Gasteiger partial charge in [-0.2, -0.15) is 5.26 Å². The number of para-hydroxylation sites is 2. The second-order valence-corrected chi connectivity index (χ2v) is 20.0. The molecule has 0 aliphatic heterocycles. The summed E-state index contributed by atoms with van der Waals surface area (Å²) in [5.41, 5.74) is 17.5. The number of rotatable bonds is 6. The molecule has 11 aromatic carbocycles. The number of nitrogens with zero attached hydrogens (tertiary/aromatic N) is 3. The maximum absolute atomic E-state index is 10.7. The number of hydrogen-bond donors (Lipinski definition) is 0. The van der Waals surface area contributed by atoms with E-state index in [1.54, 1.807) is 0 Å². The number of aryl methyl sites for hydroxylation is 4. The molecule has 0 spiro atoms. The van der Waals surface area contributed by atoms with Gasteiger partial charge in [-0.1, -0.05) is 60.7 Å². The molecule has 7 nitrogen and oxygen atoms in total. The number of hydrogen-bond acceptors (Lipinski definition) is 7. The van der Waals surface area contributed by atoms with Crippen LogP contribution in [0.1, 0.15) is 27.8 Å². The van der Waals surface area contributed by atoms with Crippen LogP contribution < -0.4 is 9.80 Å². The van der Waals surface area contributed by atoms with Crippen molar-refractivity contribution >= 4 is 143 Å². The standard InChI is InChI=1S/C67H43N3O4/c1-37-21-38(2)24-50(23-37)69(48-17-19-61-55(34-48)52-9-5-7-11-59(52)71-61)46-15-13-41-29-54-57-31-45(36-68)66-65(67(57)74-63(54)32-43(41)27-46)58-30-42-14-16-47(28-44(42)33-64(58)73-66)70(51-25-39(3)22-40(4)26-51)49-18-20-62-56(35-49)53-10-6-8-12-60(53)72-62/h5-35H,1-4H3. The molecule has 0 aliphatic rings. The molecule has 0 amide bonds. The van der Waals surface area contributed by atoms with E-state index in [1.807, 2.05) is 30.3 Å². The lowest BCUT2D eigenvalue weighted by molar-refractivity contribution is 0.662. The first-order chi connectivity index (χ1) is 36.2. The molecule has 0 saturated carbocycles. The zero-order chi connectivity index (χ0) is 49.5. The Morgan fingerprint density at radius 1 is 0.311 bits per heavy atom. The minimum Gasteiger partial charge on any atom is -0.456 e. The van der Waals surface area contributed by atoms with Gasteiger partial charge in [-0.05, 0) is 199 Å². The fourth-order valence-electron chi connectivity index (χ4n) is 11.7. The van der Waals surface area contributed by atoms with Crippen LogP contribution in [0, 0.1) is 39.0 Å². The predicted molar refractivity (Wildman–Crippen MR) is 304 cm³/mol. The first-order valence-electron chi connectivity index (χ1n) is 24.9. The van der Waals surface area contributed by atoms with Crippen LogP contribution in [0.2, 0.25) is 0 Å². The van der Waals surface area contributed by atoms with Crippen LogP contribution >= 0.6 is 0 Å². The second kappa shape index (κ2) is 15.6. The zero-order valence-corrected chi connectivity index (χ0v) is 40.9. The van der Waals surface area contributed by atoms with E-state index in [0.29, 0.717) is 22.3 Å². The Morgan fingerprint density at radius 2 is 0.743 bits per heavy atom. The van der Waals surface area contributed by atoms with Crippen LogP contribution in [-0.4, -0.2) is 0 Å². The van der Waals surface area contributed by atoms with Crippen molar-refractivity contribution in [3.8, 4) is 6.07 Å². The highest BCUT2D eigenvalue weighted by atomic mass is 16.3. The van der Waals surface area contributed by atoms with Crippen LogP contribution in [0.15, 0.2) is 206 Å². The van der Waals surface area contributed by atoms with E-state index in [9.17, 15) is 5.26 Å². The summed E-state index contributed by atoms with van der Waals surface area (Å²) in [6, 6.07) is 68.7. The lowest BCUT2D eigenvalue weighted by atomic mass is 10.0. The van der Waals surface area contributed by atoms with E-state index in [2.05, 4.69) is 201 Å². The average molecular weight is 954 g/mol. The topological polar surface area (TPSA) is 82.8 Å². The fourth-order valence-corrected chi connectivity index (χ4v) is 11.7. The van der Waals surface area contributed by atoms with Crippen molar-refractivity contribution in [2.45, 2.75) is 27.7 Å². The van der Waals surface area contributed by atoms with E-state index in [4.69, 9.17) is 17.7 Å².